The van der Waals surface area contributed by atoms with Crippen molar-refractivity contribution < 1.29 is 4.74 Å². The molecule has 0 aromatic rings. The molecule has 1 aliphatic rings. The second-order valence-electron chi connectivity index (χ2n) is 2.22. The van der Waals surface area contributed by atoms with Gasteiger partial charge in [-0.2, -0.15) is 0 Å². The van der Waals surface area contributed by atoms with Crippen LogP contribution in [0, 0.1) is 0 Å². The first-order valence-corrected chi connectivity index (χ1v) is 3.10. The molecular weight excluding hydrogens is 100 g/mol. The number of hydrogen-bond donors (Lipinski definition) is 0. The van der Waals surface area contributed by atoms with Crippen molar-refractivity contribution in [3.05, 3.63) is 12.7 Å². The Morgan fingerprint density at radius 3 is 2.50 bits per heavy atom. The van der Waals surface area contributed by atoms with Crippen molar-refractivity contribution in [2.24, 2.45) is 0 Å². The van der Waals surface area contributed by atoms with E-state index in [1.165, 1.54) is 0 Å². The van der Waals surface area contributed by atoms with Gasteiger partial charge in [0.25, 0.3) is 0 Å². The predicted molar refractivity (Wildman–Crippen MR) is 33.8 cm³/mol. The van der Waals surface area contributed by atoms with Crippen LogP contribution in [0.25, 0.3) is 0 Å². The van der Waals surface area contributed by atoms with Crippen molar-refractivity contribution >= 4 is 0 Å². The van der Waals surface area contributed by atoms with Crippen LogP contribution in [-0.4, -0.2) is 12.2 Å². The van der Waals surface area contributed by atoms with Crippen molar-refractivity contribution in [2.75, 3.05) is 6.61 Å². The van der Waals surface area contributed by atoms with Gasteiger partial charge in [0.15, 0.2) is 0 Å². The Morgan fingerprint density at radius 1 is 1.88 bits per heavy atom. The minimum Gasteiger partial charge on any atom is -0.371 e. The molecule has 0 spiro atoms. The van der Waals surface area contributed by atoms with Crippen molar-refractivity contribution in [1.29, 1.82) is 0 Å². The molecule has 1 heteroatoms. The summed E-state index contributed by atoms with van der Waals surface area (Å²) < 4.78 is 5.30. The van der Waals surface area contributed by atoms with Gasteiger partial charge in [0.05, 0.1) is 12.2 Å². The predicted octanol–water partition coefficient (Wildman–Crippen LogP) is 1.74. The Bertz CT molecular complexity index is 87.1. The summed E-state index contributed by atoms with van der Waals surface area (Å²) in [6, 6.07) is 0. The molecule has 1 fully saturated rings. The van der Waals surface area contributed by atoms with Gasteiger partial charge in [0.1, 0.15) is 0 Å². The summed E-state index contributed by atoms with van der Waals surface area (Å²) >= 11 is 0. The summed E-state index contributed by atoms with van der Waals surface area (Å²) in [4.78, 5) is 0. The van der Waals surface area contributed by atoms with Gasteiger partial charge in [-0.1, -0.05) is 13.0 Å². The topological polar surface area (TPSA) is 9.23 Å². The zero-order valence-electron chi connectivity index (χ0n) is 5.31. The lowest BCUT2D eigenvalue weighted by atomic mass is 9.92. The molecular formula is C7H12O. The third kappa shape index (κ3) is 0.671. The fourth-order valence-electron chi connectivity index (χ4n) is 0.948. The zero-order valence-corrected chi connectivity index (χ0v) is 5.31. The molecule has 0 aliphatic carbocycles. The lowest BCUT2D eigenvalue weighted by Crippen LogP contribution is -2.40. The number of rotatable bonds is 2. The summed E-state index contributed by atoms with van der Waals surface area (Å²) in [7, 11) is 0. The molecule has 1 nitrogen and oxygen atoms in total. The normalized spacial score (nSPS) is 36.1. The fraction of sp³-hybridized carbons (Fsp3) is 0.714. The van der Waals surface area contributed by atoms with E-state index in [2.05, 4.69) is 13.5 Å². The van der Waals surface area contributed by atoms with E-state index in [-0.39, 0.29) is 5.60 Å². The highest BCUT2D eigenvalue weighted by atomic mass is 16.5. The average Bonchev–Trinajstić information content (AvgIpc) is 1.67. The lowest BCUT2D eigenvalue weighted by molar-refractivity contribution is -0.113. The van der Waals surface area contributed by atoms with Gasteiger partial charge in [-0.3, -0.25) is 0 Å². The SMILES string of the molecule is C=CC1(CC)CCO1. The smallest absolute Gasteiger partial charge is 0.0879 e. The highest BCUT2D eigenvalue weighted by Crippen LogP contribution is 2.30. The molecule has 0 N–H and O–H groups in total. The van der Waals surface area contributed by atoms with Crippen LogP contribution in [0.15, 0.2) is 12.7 Å². The van der Waals surface area contributed by atoms with Crippen LogP contribution >= 0.6 is 0 Å². The van der Waals surface area contributed by atoms with E-state index in [9.17, 15) is 0 Å². The average molecular weight is 112 g/mol. The lowest BCUT2D eigenvalue weighted by Gasteiger charge is -2.38. The van der Waals surface area contributed by atoms with Crippen LogP contribution in [0.4, 0.5) is 0 Å². The van der Waals surface area contributed by atoms with E-state index >= 15 is 0 Å². The van der Waals surface area contributed by atoms with Crippen LogP contribution in [0.5, 0.6) is 0 Å². The quantitative estimate of drug-likeness (QED) is 0.494. The van der Waals surface area contributed by atoms with Gasteiger partial charge in [0.2, 0.25) is 0 Å². The third-order valence-electron chi connectivity index (χ3n) is 1.89. The first-order valence-electron chi connectivity index (χ1n) is 3.10. The number of ether oxygens (including phenoxy) is 1. The molecule has 8 heavy (non-hydrogen) atoms. The van der Waals surface area contributed by atoms with Gasteiger partial charge in [-0.05, 0) is 6.42 Å². The first kappa shape index (κ1) is 5.83. The molecule has 1 saturated heterocycles. The van der Waals surface area contributed by atoms with Gasteiger partial charge in [-0.15, -0.1) is 6.58 Å². The molecule has 1 heterocycles. The second-order valence-corrected chi connectivity index (χ2v) is 2.22. The highest BCUT2D eigenvalue weighted by molar-refractivity contribution is 5.00. The zero-order chi connectivity index (χ0) is 6.04. The van der Waals surface area contributed by atoms with Crippen LogP contribution in [-0.2, 0) is 4.74 Å². The molecule has 1 unspecified atom stereocenters. The van der Waals surface area contributed by atoms with Gasteiger partial charge in [-0.25, -0.2) is 0 Å². The van der Waals surface area contributed by atoms with Crippen molar-refractivity contribution in [2.45, 2.75) is 25.4 Å². The van der Waals surface area contributed by atoms with Crippen molar-refractivity contribution in [1.82, 2.24) is 0 Å². The molecule has 0 radical (unpaired) electrons. The van der Waals surface area contributed by atoms with Crippen LogP contribution in [0.2, 0.25) is 0 Å². The summed E-state index contributed by atoms with van der Waals surface area (Å²) in [6.07, 6.45) is 4.14. The van der Waals surface area contributed by atoms with E-state index < -0.39 is 0 Å². The maximum atomic E-state index is 5.30. The van der Waals surface area contributed by atoms with Gasteiger partial charge in [0, 0.05) is 6.42 Å². The molecule has 1 rings (SSSR count). The Labute approximate surface area is 50.3 Å². The highest BCUT2D eigenvalue weighted by Gasteiger charge is 2.32. The Balaban J connectivity index is 2.45. The largest absolute Gasteiger partial charge is 0.371 e. The fourth-order valence-corrected chi connectivity index (χ4v) is 0.948. The Kier molecular flexibility index (Phi) is 1.39. The second kappa shape index (κ2) is 1.90. The van der Waals surface area contributed by atoms with Gasteiger partial charge >= 0.3 is 0 Å². The molecule has 1 aliphatic heterocycles. The summed E-state index contributed by atoms with van der Waals surface area (Å²) in [5.41, 5.74) is 0.0694. The molecule has 1 atom stereocenters. The Morgan fingerprint density at radius 2 is 2.50 bits per heavy atom. The molecule has 0 saturated carbocycles. The molecule has 0 amide bonds. The third-order valence-corrected chi connectivity index (χ3v) is 1.89. The maximum Gasteiger partial charge on any atom is 0.0879 e. The van der Waals surface area contributed by atoms with E-state index in [1.807, 2.05) is 6.08 Å². The molecule has 0 aromatic heterocycles. The minimum absolute atomic E-state index is 0.0694. The minimum atomic E-state index is 0.0694. The number of hydrogen-bond acceptors (Lipinski definition) is 1. The van der Waals surface area contributed by atoms with E-state index in [1.54, 1.807) is 0 Å². The summed E-state index contributed by atoms with van der Waals surface area (Å²) in [5.74, 6) is 0. The van der Waals surface area contributed by atoms with E-state index in [0.717, 1.165) is 19.4 Å². The van der Waals surface area contributed by atoms with E-state index in [4.69, 9.17) is 4.74 Å². The first-order chi connectivity index (χ1) is 3.83. The van der Waals surface area contributed by atoms with Gasteiger partial charge < -0.3 is 4.74 Å². The molecule has 0 aromatic carbocycles. The van der Waals surface area contributed by atoms with Crippen LogP contribution < -0.4 is 0 Å². The van der Waals surface area contributed by atoms with E-state index in [0.29, 0.717) is 0 Å². The summed E-state index contributed by atoms with van der Waals surface area (Å²) in [6.45, 7) is 6.74. The van der Waals surface area contributed by atoms with Crippen LogP contribution in [0.1, 0.15) is 19.8 Å². The maximum absolute atomic E-state index is 5.30. The van der Waals surface area contributed by atoms with Crippen molar-refractivity contribution in [3.8, 4) is 0 Å². The molecule has 0 bridgehead atoms. The standard InChI is InChI=1S/C7H12O/c1-3-7(4-2)5-6-8-7/h3H,1,4-6H2,2H3. The van der Waals surface area contributed by atoms with Crippen molar-refractivity contribution in [3.63, 3.8) is 0 Å². The molecule has 46 valence electrons. The van der Waals surface area contributed by atoms with Crippen LogP contribution in [0.3, 0.4) is 0 Å². The Hall–Kier alpha value is -0.300. The monoisotopic (exact) mass is 112 g/mol. The summed E-state index contributed by atoms with van der Waals surface area (Å²) in [5, 5.41) is 0.